The number of β-lactam (4-membered cyclic amide) rings is 1. The van der Waals surface area contributed by atoms with Crippen LogP contribution in [0.5, 0.6) is 5.75 Å². The van der Waals surface area contributed by atoms with Gasteiger partial charge in [0.2, 0.25) is 0 Å². The van der Waals surface area contributed by atoms with Crippen molar-refractivity contribution in [3.05, 3.63) is 77.0 Å². The van der Waals surface area contributed by atoms with Gasteiger partial charge in [-0.3, -0.25) is 14.7 Å². The highest BCUT2D eigenvalue weighted by molar-refractivity contribution is 8.00. The lowest BCUT2D eigenvalue weighted by atomic mass is 10.0. The number of rotatable bonds is 8. The minimum Gasteiger partial charge on any atom is -0.497 e. The number of carbonyl (C=O) groups excluding carboxylic acids is 2. The fourth-order valence-corrected chi connectivity index (χ4v) is 5.56. The highest BCUT2D eigenvalue weighted by Crippen LogP contribution is 2.42. The van der Waals surface area contributed by atoms with Crippen LogP contribution >= 0.6 is 35.0 Å². The van der Waals surface area contributed by atoms with E-state index in [0.717, 1.165) is 11.1 Å². The summed E-state index contributed by atoms with van der Waals surface area (Å²) in [4.78, 5) is 31.8. The first kappa shape index (κ1) is 23.7. The lowest BCUT2D eigenvalue weighted by molar-refractivity contribution is -0.151. The van der Waals surface area contributed by atoms with Gasteiger partial charge in [0.25, 0.3) is 5.91 Å². The molecule has 0 N–H and O–H groups in total. The predicted molar refractivity (Wildman–Crippen MR) is 131 cm³/mol. The number of fused-ring (bicyclic) bond motifs is 1. The van der Waals surface area contributed by atoms with Crippen LogP contribution in [-0.4, -0.2) is 52.1 Å². The van der Waals surface area contributed by atoms with Crippen LogP contribution in [0.1, 0.15) is 11.1 Å². The molecule has 172 valence electrons. The topological polar surface area (TPSA) is 68.2 Å². The molecule has 0 spiro atoms. The molecule has 2 aliphatic rings. The van der Waals surface area contributed by atoms with Crippen molar-refractivity contribution in [2.75, 3.05) is 18.7 Å². The van der Waals surface area contributed by atoms with Gasteiger partial charge in [0.05, 0.1) is 7.11 Å². The molecule has 9 heteroatoms. The average molecular weight is 505 g/mol. The molecule has 2 aromatic carbocycles. The molecular weight excluding hydrogens is 483 g/mol. The number of esters is 1. The van der Waals surface area contributed by atoms with E-state index in [1.807, 2.05) is 42.5 Å². The summed E-state index contributed by atoms with van der Waals surface area (Å²) < 4.78 is 10.6. The lowest BCUT2D eigenvalue weighted by Crippen LogP contribution is -2.64. The largest absolute Gasteiger partial charge is 0.497 e. The standard InChI is InChI=1S/C24H22Cl2N2O4S/c1-31-18-9-7-16(8-10-18)13-32-24(30)21-17(12-25)14-33-23-20(22(29)28(21)23)27-19(26)11-15-5-3-2-4-6-15/h2-10,20,23H,11-14H2,1H3/t20-,23+/m0/s1. The Balaban J connectivity index is 1.45. The SMILES string of the molecule is COc1ccc(COC(=O)C2=C(CCl)CS[C@@H]3[C@@H](N=C(Cl)Cc4ccccc4)C(=O)N23)cc1. The smallest absolute Gasteiger partial charge is 0.355 e. The molecule has 2 aliphatic heterocycles. The van der Waals surface area contributed by atoms with E-state index in [0.29, 0.717) is 28.7 Å². The normalized spacial score (nSPS) is 20.3. The van der Waals surface area contributed by atoms with Gasteiger partial charge in [-0.25, -0.2) is 4.79 Å². The van der Waals surface area contributed by atoms with E-state index in [1.165, 1.54) is 16.7 Å². The van der Waals surface area contributed by atoms with Crippen LogP contribution in [0.25, 0.3) is 0 Å². The van der Waals surface area contributed by atoms with E-state index >= 15 is 0 Å². The number of benzene rings is 2. The number of hydrogen-bond donors (Lipinski definition) is 0. The molecule has 0 bridgehead atoms. The number of aliphatic imine (C=N–C) groups is 1. The van der Waals surface area contributed by atoms with Crippen molar-refractivity contribution in [1.82, 2.24) is 4.90 Å². The second-order valence-electron chi connectivity index (χ2n) is 7.53. The Kier molecular flexibility index (Phi) is 7.63. The van der Waals surface area contributed by atoms with Crippen molar-refractivity contribution in [2.45, 2.75) is 24.4 Å². The molecule has 1 amide bonds. The Morgan fingerprint density at radius 2 is 1.88 bits per heavy atom. The first-order chi connectivity index (χ1) is 16.0. The van der Waals surface area contributed by atoms with Crippen molar-refractivity contribution in [2.24, 2.45) is 4.99 Å². The molecule has 0 aromatic heterocycles. The maximum Gasteiger partial charge on any atom is 0.355 e. The molecule has 2 atom stereocenters. The Bertz CT molecular complexity index is 1090. The fraction of sp³-hybridized carbons (Fsp3) is 0.292. The number of hydrogen-bond acceptors (Lipinski definition) is 6. The second-order valence-corrected chi connectivity index (χ2v) is 9.34. The summed E-state index contributed by atoms with van der Waals surface area (Å²) >= 11 is 14.0. The minimum absolute atomic E-state index is 0.0756. The van der Waals surface area contributed by atoms with E-state index in [-0.39, 0.29) is 29.5 Å². The molecule has 4 rings (SSSR count). The third-order valence-corrected chi connectivity index (χ3v) is 7.25. The molecule has 1 fully saturated rings. The fourth-order valence-electron chi connectivity index (χ4n) is 3.64. The molecule has 0 aliphatic carbocycles. The molecule has 6 nitrogen and oxygen atoms in total. The third-order valence-electron chi connectivity index (χ3n) is 5.37. The Morgan fingerprint density at radius 1 is 1.15 bits per heavy atom. The summed E-state index contributed by atoms with van der Waals surface area (Å²) in [6.45, 7) is 0.0756. The van der Waals surface area contributed by atoms with Crippen molar-refractivity contribution >= 4 is 52.0 Å². The first-order valence-corrected chi connectivity index (χ1v) is 12.3. The van der Waals surface area contributed by atoms with Gasteiger partial charge in [0.15, 0.2) is 6.04 Å². The van der Waals surface area contributed by atoms with Crippen LogP contribution in [0.3, 0.4) is 0 Å². The van der Waals surface area contributed by atoms with E-state index in [9.17, 15) is 9.59 Å². The molecule has 1 saturated heterocycles. The minimum atomic E-state index is -0.632. The molecule has 33 heavy (non-hydrogen) atoms. The molecule has 2 aromatic rings. The van der Waals surface area contributed by atoms with Crippen molar-refractivity contribution in [1.29, 1.82) is 0 Å². The van der Waals surface area contributed by atoms with Crippen LogP contribution in [0, 0.1) is 0 Å². The van der Waals surface area contributed by atoms with E-state index < -0.39 is 12.0 Å². The predicted octanol–water partition coefficient (Wildman–Crippen LogP) is 4.40. The number of halogens is 2. The van der Waals surface area contributed by atoms with Gasteiger partial charge < -0.3 is 9.47 Å². The number of alkyl halides is 1. The van der Waals surface area contributed by atoms with Crippen LogP contribution in [0.2, 0.25) is 0 Å². The number of ether oxygens (including phenoxy) is 2. The maximum atomic E-state index is 13.0. The number of methoxy groups -OCH3 is 1. The van der Waals surface area contributed by atoms with Gasteiger partial charge in [-0.1, -0.05) is 54.1 Å². The molecule has 0 unspecified atom stereocenters. The maximum absolute atomic E-state index is 13.0. The Hall–Kier alpha value is -2.48. The van der Waals surface area contributed by atoms with E-state index in [1.54, 1.807) is 19.2 Å². The van der Waals surface area contributed by atoms with Gasteiger partial charge in [0, 0.05) is 18.1 Å². The van der Waals surface area contributed by atoms with Crippen LogP contribution < -0.4 is 4.74 Å². The van der Waals surface area contributed by atoms with Crippen LogP contribution in [0.15, 0.2) is 70.9 Å². The summed E-state index contributed by atoms with van der Waals surface area (Å²) in [5.74, 6) is 0.523. The second kappa shape index (κ2) is 10.6. The highest BCUT2D eigenvalue weighted by atomic mass is 35.5. The number of thioether (sulfide) groups is 1. The number of amides is 1. The van der Waals surface area contributed by atoms with Crippen LogP contribution in [0.4, 0.5) is 0 Å². The monoisotopic (exact) mass is 504 g/mol. The summed E-state index contributed by atoms with van der Waals surface area (Å²) in [6, 6.07) is 16.3. The van der Waals surface area contributed by atoms with Crippen LogP contribution in [-0.2, 0) is 27.4 Å². The molecule has 0 saturated carbocycles. The van der Waals surface area contributed by atoms with E-state index in [2.05, 4.69) is 4.99 Å². The summed E-state index contributed by atoms with van der Waals surface area (Å²) in [7, 11) is 1.59. The summed E-state index contributed by atoms with van der Waals surface area (Å²) in [5, 5.41) is 0.0491. The Labute approximate surface area is 206 Å². The first-order valence-electron chi connectivity index (χ1n) is 10.3. The highest BCUT2D eigenvalue weighted by Gasteiger charge is 2.54. The average Bonchev–Trinajstić information content (AvgIpc) is 2.85. The third kappa shape index (κ3) is 5.21. The Morgan fingerprint density at radius 3 is 2.55 bits per heavy atom. The zero-order chi connectivity index (χ0) is 23.4. The van der Waals surface area contributed by atoms with Gasteiger partial charge in [0.1, 0.15) is 28.6 Å². The van der Waals surface area contributed by atoms with Crippen molar-refractivity contribution in [3.63, 3.8) is 0 Å². The van der Waals surface area contributed by atoms with Gasteiger partial charge >= 0.3 is 5.97 Å². The van der Waals surface area contributed by atoms with Crippen molar-refractivity contribution < 1.29 is 19.1 Å². The number of carbonyl (C=O) groups is 2. The molecule has 0 radical (unpaired) electrons. The van der Waals surface area contributed by atoms with Gasteiger partial charge in [-0.15, -0.1) is 23.4 Å². The summed E-state index contributed by atoms with van der Waals surface area (Å²) in [6.07, 6.45) is 0.448. The lowest BCUT2D eigenvalue weighted by Gasteiger charge is -2.48. The quantitative estimate of drug-likeness (QED) is 0.230. The van der Waals surface area contributed by atoms with Crippen molar-refractivity contribution in [3.8, 4) is 5.75 Å². The summed E-state index contributed by atoms with van der Waals surface area (Å²) in [5.41, 5.74) is 2.71. The number of nitrogens with zero attached hydrogens (tertiary/aromatic N) is 2. The van der Waals surface area contributed by atoms with E-state index in [4.69, 9.17) is 32.7 Å². The molecule has 2 heterocycles. The zero-order valence-electron chi connectivity index (χ0n) is 17.9. The van der Waals surface area contributed by atoms with Gasteiger partial charge in [-0.2, -0.15) is 0 Å². The molecular formula is C24H22Cl2N2O4S. The van der Waals surface area contributed by atoms with Gasteiger partial charge in [-0.05, 0) is 28.8 Å². The zero-order valence-corrected chi connectivity index (χ0v) is 20.2.